The standard InChI is InChI=1S/C65H39NO2/c1-2-14-46-40(13-1)31-38-58-62(46)55-37-36-45(39-59(55)65(58)56-23-7-3-15-49(56)50-16-4-8-24-57(50)65)66(43-32-27-41(28-33-43)47-19-11-21-53-51-17-5-9-25-60(51)67-63(47)53)44-34-29-42(30-35-44)48-20-12-22-54-52-18-6-10-26-61(52)68-64(48)54/h1-39H. The molecule has 0 unspecified atom stereocenters. The van der Waals surface area contributed by atoms with Gasteiger partial charge in [0.05, 0.1) is 5.41 Å². The lowest BCUT2D eigenvalue weighted by molar-refractivity contribution is 0.669. The van der Waals surface area contributed by atoms with Gasteiger partial charge in [0.1, 0.15) is 22.3 Å². The van der Waals surface area contributed by atoms with Crippen molar-refractivity contribution in [2.45, 2.75) is 5.41 Å². The van der Waals surface area contributed by atoms with Crippen LogP contribution in [0.5, 0.6) is 0 Å². The first-order valence-corrected chi connectivity index (χ1v) is 23.4. The van der Waals surface area contributed by atoms with Gasteiger partial charge in [-0.1, -0.05) is 188 Å². The molecule has 0 saturated heterocycles. The summed E-state index contributed by atoms with van der Waals surface area (Å²) in [5.74, 6) is 0. The molecule has 0 aliphatic heterocycles. The van der Waals surface area contributed by atoms with Crippen molar-refractivity contribution < 1.29 is 8.83 Å². The van der Waals surface area contributed by atoms with E-state index in [1.165, 1.54) is 55.3 Å². The van der Waals surface area contributed by atoms with Crippen LogP contribution in [0.3, 0.4) is 0 Å². The number of hydrogen-bond acceptors (Lipinski definition) is 3. The minimum absolute atomic E-state index is 0.506. The predicted molar refractivity (Wildman–Crippen MR) is 280 cm³/mol. The number of benzene rings is 11. The molecule has 13 aromatic rings. The molecule has 3 heteroatoms. The Labute approximate surface area is 392 Å². The third-order valence-corrected chi connectivity index (χ3v) is 14.9. The molecule has 0 saturated carbocycles. The molecule has 316 valence electrons. The average molecular weight is 866 g/mol. The second kappa shape index (κ2) is 14.0. The van der Waals surface area contributed by atoms with Gasteiger partial charge >= 0.3 is 0 Å². The van der Waals surface area contributed by atoms with E-state index < -0.39 is 5.41 Å². The van der Waals surface area contributed by atoms with Crippen LogP contribution in [-0.4, -0.2) is 0 Å². The third kappa shape index (κ3) is 5.07. The van der Waals surface area contributed by atoms with Crippen molar-refractivity contribution >= 4 is 71.7 Å². The van der Waals surface area contributed by atoms with E-state index in [0.29, 0.717) is 0 Å². The maximum Gasteiger partial charge on any atom is 0.143 e. The SMILES string of the molecule is c1ccc2c(c1)-c1ccccc1C21c2cc(N(c3ccc(-c4cccc5c4oc4ccccc45)cc3)c3ccc(-c4cccc5c4oc4ccccc45)cc3)ccc2-c2c1ccc1ccccc21. The molecule has 0 bridgehead atoms. The van der Waals surface area contributed by atoms with Gasteiger partial charge < -0.3 is 13.7 Å². The Morgan fingerprint density at radius 3 is 1.35 bits per heavy atom. The number of nitrogens with zero attached hydrogens (tertiary/aromatic N) is 1. The molecule has 0 amide bonds. The molecule has 15 rings (SSSR count). The van der Waals surface area contributed by atoms with Crippen LogP contribution in [-0.2, 0) is 5.41 Å². The van der Waals surface area contributed by atoms with E-state index in [2.05, 4.69) is 217 Å². The molecular formula is C65H39NO2. The lowest BCUT2D eigenvalue weighted by Gasteiger charge is -2.32. The van der Waals surface area contributed by atoms with Crippen molar-refractivity contribution in [3.8, 4) is 44.5 Å². The van der Waals surface area contributed by atoms with Gasteiger partial charge in [-0.25, -0.2) is 0 Å². The van der Waals surface area contributed by atoms with Crippen LogP contribution in [0.15, 0.2) is 245 Å². The molecule has 2 aliphatic rings. The summed E-state index contributed by atoms with van der Waals surface area (Å²) in [4.78, 5) is 2.42. The fourth-order valence-electron chi connectivity index (χ4n) is 12.0. The van der Waals surface area contributed by atoms with E-state index in [1.54, 1.807) is 0 Å². The number of para-hydroxylation sites is 4. The van der Waals surface area contributed by atoms with Crippen LogP contribution >= 0.6 is 0 Å². The predicted octanol–water partition coefficient (Wildman–Crippen LogP) is 17.8. The number of anilines is 3. The lowest BCUT2D eigenvalue weighted by Crippen LogP contribution is -2.26. The van der Waals surface area contributed by atoms with Crippen LogP contribution in [0.1, 0.15) is 22.3 Å². The summed E-state index contributed by atoms with van der Waals surface area (Å²) in [7, 11) is 0. The van der Waals surface area contributed by atoms with Crippen molar-refractivity contribution in [1.82, 2.24) is 0 Å². The summed E-state index contributed by atoms with van der Waals surface area (Å²) in [6.45, 7) is 0. The van der Waals surface area contributed by atoms with Gasteiger partial charge in [-0.2, -0.15) is 0 Å². The van der Waals surface area contributed by atoms with Crippen molar-refractivity contribution in [3.05, 3.63) is 259 Å². The minimum Gasteiger partial charge on any atom is -0.455 e. The van der Waals surface area contributed by atoms with Crippen molar-refractivity contribution in [2.75, 3.05) is 4.90 Å². The summed E-state index contributed by atoms with van der Waals surface area (Å²) in [5, 5.41) is 7.03. The van der Waals surface area contributed by atoms with Gasteiger partial charge in [0.25, 0.3) is 0 Å². The summed E-state index contributed by atoms with van der Waals surface area (Å²) in [6.07, 6.45) is 0. The molecule has 11 aromatic carbocycles. The fourth-order valence-corrected chi connectivity index (χ4v) is 12.0. The van der Waals surface area contributed by atoms with Crippen molar-refractivity contribution in [2.24, 2.45) is 0 Å². The maximum atomic E-state index is 6.52. The molecule has 2 aliphatic carbocycles. The maximum absolute atomic E-state index is 6.52. The Kier molecular flexibility index (Phi) is 7.71. The molecule has 0 atom stereocenters. The van der Waals surface area contributed by atoms with Gasteiger partial charge in [-0.15, -0.1) is 0 Å². The molecule has 0 fully saturated rings. The van der Waals surface area contributed by atoms with Gasteiger partial charge in [0, 0.05) is 49.7 Å². The largest absolute Gasteiger partial charge is 0.455 e. The van der Waals surface area contributed by atoms with E-state index >= 15 is 0 Å². The first-order valence-electron chi connectivity index (χ1n) is 23.4. The highest BCUT2D eigenvalue weighted by Crippen LogP contribution is 2.64. The molecule has 2 heterocycles. The van der Waals surface area contributed by atoms with Crippen LogP contribution in [0.25, 0.3) is 99.2 Å². The minimum atomic E-state index is -0.506. The van der Waals surface area contributed by atoms with Gasteiger partial charge in [0.2, 0.25) is 0 Å². The van der Waals surface area contributed by atoms with E-state index in [4.69, 9.17) is 8.83 Å². The second-order valence-electron chi connectivity index (χ2n) is 18.3. The Morgan fingerprint density at radius 2 is 0.765 bits per heavy atom. The Bertz CT molecular complexity index is 4010. The smallest absolute Gasteiger partial charge is 0.143 e. The quantitative estimate of drug-likeness (QED) is 0.173. The van der Waals surface area contributed by atoms with Crippen LogP contribution in [0, 0.1) is 0 Å². The molecule has 2 aromatic heterocycles. The lowest BCUT2D eigenvalue weighted by atomic mass is 9.70. The zero-order valence-electron chi connectivity index (χ0n) is 36.8. The number of fused-ring (bicyclic) bond motifs is 18. The zero-order chi connectivity index (χ0) is 44.5. The van der Waals surface area contributed by atoms with Gasteiger partial charge in [-0.3, -0.25) is 0 Å². The molecular weight excluding hydrogens is 827 g/mol. The van der Waals surface area contributed by atoms with Crippen LogP contribution < -0.4 is 4.90 Å². The highest BCUT2D eigenvalue weighted by Gasteiger charge is 2.52. The Balaban J connectivity index is 0.939. The summed E-state index contributed by atoms with van der Waals surface area (Å²) >= 11 is 0. The Morgan fingerprint density at radius 1 is 0.294 bits per heavy atom. The monoisotopic (exact) mass is 865 g/mol. The highest BCUT2D eigenvalue weighted by molar-refractivity contribution is 6.11. The number of rotatable bonds is 5. The van der Waals surface area contributed by atoms with E-state index in [-0.39, 0.29) is 0 Å². The normalized spacial score (nSPS) is 13.1. The third-order valence-electron chi connectivity index (χ3n) is 14.9. The first-order chi connectivity index (χ1) is 33.7. The highest BCUT2D eigenvalue weighted by atomic mass is 16.3. The number of furan rings is 2. The van der Waals surface area contributed by atoms with Crippen LogP contribution in [0.4, 0.5) is 17.1 Å². The Hall–Kier alpha value is -8.92. The number of hydrogen-bond donors (Lipinski definition) is 0. The molecule has 68 heavy (non-hydrogen) atoms. The van der Waals surface area contributed by atoms with E-state index in [1.807, 2.05) is 24.3 Å². The van der Waals surface area contributed by atoms with E-state index in [9.17, 15) is 0 Å². The van der Waals surface area contributed by atoms with Gasteiger partial charge in [0.15, 0.2) is 0 Å². The van der Waals surface area contributed by atoms with Crippen molar-refractivity contribution in [3.63, 3.8) is 0 Å². The molecule has 1 spiro atoms. The molecule has 3 nitrogen and oxygen atoms in total. The topological polar surface area (TPSA) is 29.5 Å². The van der Waals surface area contributed by atoms with Crippen molar-refractivity contribution in [1.29, 1.82) is 0 Å². The molecule has 0 N–H and O–H groups in total. The van der Waals surface area contributed by atoms with Gasteiger partial charge in [-0.05, 0) is 115 Å². The summed E-state index contributed by atoms with van der Waals surface area (Å²) in [5.41, 5.74) is 21.1. The molecule has 0 radical (unpaired) electrons. The van der Waals surface area contributed by atoms with Crippen LogP contribution in [0.2, 0.25) is 0 Å². The second-order valence-corrected chi connectivity index (χ2v) is 18.3. The zero-order valence-corrected chi connectivity index (χ0v) is 36.8. The average Bonchev–Trinajstić information content (AvgIpc) is 4.15. The van der Waals surface area contributed by atoms with E-state index in [0.717, 1.165) is 83.2 Å². The summed E-state index contributed by atoms with van der Waals surface area (Å²) < 4.78 is 13.0. The first kappa shape index (κ1) is 37.3. The summed E-state index contributed by atoms with van der Waals surface area (Å²) in [6, 6.07) is 86.3. The fraction of sp³-hybridized carbons (Fsp3) is 0.0154.